The Hall–Kier alpha value is 3.11. The zero-order chi connectivity index (χ0) is 17.4. The summed E-state index contributed by atoms with van der Waals surface area (Å²) < 4.78 is 0. The van der Waals surface area contributed by atoms with Crippen LogP contribution in [0.1, 0.15) is 58.5 Å². The third-order valence-electron chi connectivity index (χ3n) is 4.99. The minimum Gasteiger partial charge on any atom is -0.504 e. The van der Waals surface area contributed by atoms with Gasteiger partial charge in [-0.25, -0.2) is 0 Å². The number of benzene rings is 1. The predicted octanol–water partition coefficient (Wildman–Crippen LogP) is 6.03. The Kier molecular flexibility index (Phi) is 15.2. The molecule has 0 saturated heterocycles. The maximum Gasteiger partial charge on any atom is 0.157 e. The fourth-order valence-electron chi connectivity index (χ4n) is 3.81. The summed E-state index contributed by atoms with van der Waals surface area (Å²) in [7, 11) is 0. The molecule has 2 aromatic rings. The van der Waals surface area contributed by atoms with Crippen LogP contribution < -0.4 is 5.32 Å². The normalized spacial score (nSPS) is 19.0. The summed E-state index contributed by atoms with van der Waals surface area (Å²) in [4.78, 5) is 2.85. The molecule has 1 aliphatic carbocycles. The van der Waals surface area contributed by atoms with Crippen LogP contribution in [0.5, 0.6) is 11.5 Å². The van der Waals surface area contributed by atoms with Crippen molar-refractivity contribution in [2.24, 2.45) is 0 Å². The van der Waals surface area contributed by atoms with E-state index in [9.17, 15) is 10.2 Å². The van der Waals surface area contributed by atoms with Gasteiger partial charge in [0, 0.05) is 154 Å². The van der Waals surface area contributed by atoms with Gasteiger partial charge in [-0.3, -0.25) is 0 Å². The number of phenolic OH excluding ortho intramolecular Hbond substituents is 2. The summed E-state index contributed by atoms with van der Waals surface area (Å²) in [5.41, 5.74) is 3.76. The molecule has 3 nitrogen and oxygen atoms in total. The third kappa shape index (κ3) is 6.56. The number of rotatable bonds is 1. The van der Waals surface area contributed by atoms with Gasteiger partial charge in [-0.1, -0.05) is 13.8 Å². The number of thiophene rings is 1. The van der Waals surface area contributed by atoms with Gasteiger partial charge in [0.2, 0.25) is 0 Å². The Morgan fingerprint density at radius 3 is 2.33 bits per heavy atom. The topological polar surface area (TPSA) is 52.5 Å². The molecule has 1 unspecified atom stereocenters. The molecule has 1 aromatic heterocycles. The molecule has 2 heterocycles. The molecule has 0 fully saturated rings. The van der Waals surface area contributed by atoms with Crippen molar-refractivity contribution < 1.29 is 98.3 Å². The van der Waals surface area contributed by atoms with Gasteiger partial charge in [0.25, 0.3) is 0 Å². The SMILES string of the molecule is CC(C)c1cc2c(s1)CNC1CCc3cc(O)c(O)cc3[C@@H]21.Cl.II.[Ac].[Ac]. The first-order chi connectivity index (χ1) is 11.5. The van der Waals surface area contributed by atoms with Crippen LogP contribution in [0.3, 0.4) is 0 Å². The summed E-state index contributed by atoms with van der Waals surface area (Å²) in [6.45, 7) is 5.43. The second kappa shape index (κ2) is 13.6. The number of nitrogens with one attached hydrogen (secondary N) is 1. The van der Waals surface area contributed by atoms with Gasteiger partial charge in [-0.05, 0) is 53.6 Å². The van der Waals surface area contributed by atoms with Gasteiger partial charge in [-0.2, -0.15) is 0 Å². The first kappa shape index (κ1) is 30.1. The molecule has 4 rings (SSSR count). The molecule has 9 heteroatoms. The minimum atomic E-state index is -0.00849. The molecule has 0 amide bonds. The van der Waals surface area contributed by atoms with Gasteiger partial charge >= 0.3 is 0 Å². The maximum absolute atomic E-state index is 9.94. The Morgan fingerprint density at radius 1 is 1.07 bits per heavy atom. The van der Waals surface area contributed by atoms with E-state index in [0.717, 1.165) is 19.4 Å². The number of hydrogen-bond acceptors (Lipinski definition) is 4. The van der Waals surface area contributed by atoms with Gasteiger partial charge in [0.1, 0.15) is 0 Å². The Bertz CT molecular complexity index is 761. The number of halogens is 3. The van der Waals surface area contributed by atoms with E-state index in [-0.39, 0.29) is 112 Å². The van der Waals surface area contributed by atoms with E-state index in [2.05, 4.69) is 62.5 Å². The van der Waals surface area contributed by atoms with E-state index in [1.54, 1.807) is 12.1 Å². The molecular weight excluding hydrogens is 1040 g/mol. The van der Waals surface area contributed by atoms with Crippen molar-refractivity contribution >= 4 is 61.0 Å². The zero-order valence-electron chi connectivity index (χ0n) is 15.2. The molecule has 144 valence electrons. The molecule has 0 spiro atoms. The first-order valence-electron chi connectivity index (χ1n) is 8.09. The van der Waals surface area contributed by atoms with Crippen LogP contribution >= 0.6 is 61.0 Å². The molecule has 2 radical (unpaired) electrons. The molecule has 2 aliphatic rings. The molecule has 3 N–H and O–H groups in total. The van der Waals surface area contributed by atoms with Gasteiger partial charge in [0.15, 0.2) is 11.5 Å². The van der Waals surface area contributed by atoms with Crippen molar-refractivity contribution in [3.8, 4) is 11.5 Å². The monoisotopic (exact) mass is 1060 g/mol. The van der Waals surface area contributed by atoms with Gasteiger partial charge < -0.3 is 15.5 Å². The molecule has 2 atom stereocenters. The Labute approximate surface area is 266 Å². The van der Waals surface area contributed by atoms with Crippen LogP contribution in [0, 0.1) is 88.1 Å². The Balaban J connectivity index is 0.00000131. The average Bonchev–Trinajstić information content (AvgIpc) is 3.02. The van der Waals surface area contributed by atoms with Crippen molar-refractivity contribution in [3.63, 3.8) is 0 Å². The minimum absolute atomic E-state index is 0. The van der Waals surface area contributed by atoms with Crippen molar-refractivity contribution in [2.45, 2.75) is 51.1 Å². The standard InChI is InChI=1S/C18H21NO2S.2Ac.ClH.I2/c1-9(2)16-7-12-17(22-16)8-19-13-4-3-10-5-14(20)15(21)6-11(10)18(12)13;;;;1-2/h5-7,9,13,18-21H,3-4,8H2,1-2H3;;;1H;/t13?,18-;;;;/m0..../s1. The molecule has 0 saturated carbocycles. The molecule has 1 aliphatic heterocycles. The quantitative estimate of drug-likeness (QED) is 0.242. The molecule has 1 aromatic carbocycles. The number of hydrogen-bond donors (Lipinski definition) is 3. The third-order valence-corrected chi connectivity index (χ3v) is 6.44. The summed E-state index contributed by atoms with van der Waals surface area (Å²) >= 11 is 6.15. The number of aromatic hydroxyl groups is 2. The van der Waals surface area contributed by atoms with E-state index >= 15 is 0 Å². The van der Waals surface area contributed by atoms with Gasteiger partial charge in [-0.15, -0.1) is 23.7 Å². The zero-order valence-corrected chi connectivity index (χ0v) is 30.6. The fourth-order valence-corrected chi connectivity index (χ4v) is 4.98. The first-order valence-corrected chi connectivity index (χ1v) is 15.2. The summed E-state index contributed by atoms with van der Waals surface area (Å²) in [6.07, 6.45) is 2.03. The second-order valence-electron chi connectivity index (χ2n) is 6.73. The average molecular weight is 1060 g/mol. The molecular formula is C18H22Ac2ClI2NO2S. The van der Waals surface area contributed by atoms with Gasteiger partial charge in [0.05, 0.1) is 0 Å². The van der Waals surface area contributed by atoms with Crippen molar-refractivity contribution in [2.75, 3.05) is 0 Å². The maximum atomic E-state index is 9.94. The summed E-state index contributed by atoms with van der Waals surface area (Å²) in [5.74, 6) is 0.827. The number of fused-ring (bicyclic) bond motifs is 5. The van der Waals surface area contributed by atoms with Crippen molar-refractivity contribution in [1.29, 1.82) is 0 Å². The van der Waals surface area contributed by atoms with Crippen LogP contribution in [0.25, 0.3) is 0 Å². The van der Waals surface area contributed by atoms with Crippen LogP contribution in [0.2, 0.25) is 0 Å². The van der Waals surface area contributed by atoms with Crippen LogP contribution in [-0.2, 0) is 13.0 Å². The molecule has 0 bridgehead atoms. The predicted molar refractivity (Wildman–Crippen MR) is 124 cm³/mol. The molecule has 27 heavy (non-hydrogen) atoms. The summed E-state index contributed by atoms with van der Waals surface area (Å²) in [5, 5.41) is 23.4. The smallest absolute Gasteiger partial charge is 0.157 e. The van der Waals surface area contributed by atoms with E-state index in [1.165, 1.54) is 26.4 Å². The second-order valence-corrected chi connectivity index (χ2v) is 7.89. The van der Waals surface area contributed by atoms with Crippen LogP contribution in [-0.4, -0.2) is 16.3 Å². The number of aryl methyl sites for hydroxylation is 1. The van der Waals surface area contributed by atoms with Crippen molar-refractivity contribution in [3.05, 3.63) is 44.6 Å². The Morgan fingerprint density at radius 2 is 1.70 bits per heavy atom. The summed E-state index contributed by atoms with van der Waals surface area (Å²) in [6, 6.07) is 6.30. The largest absolute Gasteiger partial charge is 0.504 e. The van der Waals surface area contributed by atoms with E-state index < -0.39 is 0 Å². The number of phenols is 2. The van der Waals surface area contributed by atoms with E-state index in [4.69, 9.17) is 0 Å². The van der Waals surface area contributed by atoms with Crippen LogP contribution in [0.15, 0.2) is 18.2 Å². The van der Waals surface area contributed by atoms with E-state index in [1.807, 2.05) is 11.3 Å². The fraction of sp³-hybridized carbons (Fsp3) is 0.444. The van der Waals surface area contributed by atoms with Crippen molar-refractivity contribution in [1.82, 2.24) is 5.32 Å². The van der Waals surface area contributed by atoms with Crippen LogP contribution in [0.4, 0.5) is 0 Å². The van der Waals surface area contributed by atoms with E-state index in [0.29, 0.717) is 17.9 Å².